The minimum Gasteiger partial charge on any atom is -0.389 e. The largest absolute Gasteiger partial charge is 0.389 e. The molecule has 0 aromatic heterocycles. The van der Waals surface area contributed by atoms with Crippen molar-refractivity contribution in [2.75, 3.05) is 52.5 Å². The van der Waals surface area contributed by atoms with Crippen LogP contribution in [0.1, 0.15) is 6.92 Å². The average molecular weight is 283 g/mol. The van der Waals surface area contributed by atoms with Gasteiger partial charge in [0.25, 0.3) is 0 Å². The quantitative estimate of drug-likeness (QED) is 0.575. The van der Waals surface area contributed by atoms with E-state index < -0.39 is 15.9 Å². The first kappa shape index (κ1) is 17.8. The molecule has 1 N–H and O–H groups in total. The van der Waals surface area contributed by atoms with E-state index in [1.807, 2.05) is 6.92 Å². The first-order valence-electron chi connectivity index (χ1n) is 5.89. The molecule has 0 amide bonds. The molecule has 2 unspecified atom stereocenters. The van der Waals surface area contributed by atoms with Gasteiger partial charge >= 0.3 is 0 Å². The topological polar surface area (TPSA) is 76.1 Å². The van der Waals surface area contributed by atoms with Gasteiger partial charge in [-0.15, -0.1) is 0 Å². The van der Waals surface area contributed by atoms with E-state index in [0.29, 0.717) is 19.7 Å². The Hall–Kier alpha value is -0.210. The lowest BCUT2D eigenvalue weighted by Crippen LogP contribution is -2.36. The van der Waals surface area contributed by atoms with Gasteiger partial charge in [-0.2, -0.15) is 0 Å². The number of aliphatic hydroxyl groups is 1. The fourth-order valence-electron chi connectivity index (χ4n) is 1.38. The maximum Gasteiger partial charge on any atom is 0.148 e. The molecule has 6 nitrogen and oxygen atoms in total. The van der Waals surface area contributed by atoms with Gasteiger partial charge in [-0.3, -0.25) is 0 Å². The van der Waals surface area contributed by atoms with Crippen molar-refractivity contribution in [3.8, 4) is 0 Å². The SMILES string of the molecule is COCC(C)OCC(O)CN(C)CCS(C)(=O)=O. The molecule has 0 fully saturated rings. The highest BCUT2D eigenvalue weighted by Gasteiger charge is 2.12. The Bertz CT molecular complexity index is 307. The molecule has 18 heavy (non-hydrogen) atoms. The van der Waals surface area contributed by atoms with E-state index in [2.05, 4.69) is 0 Å². The molecule has 0 aliphatic carbocycles. The molecule has 0 rings (SSSR count). The predicted molar refractivity (Wildman–Crippen MR) is 70.5 cm³/mol. The summed E-state index contributed by atoms with van der Waals surface area (Å²) in [5.41, 5.74) is 0. The van der Waals surface area contributed by atoms with Gasteiger partial charge < -0.3 is 19.5 Å². The van der Waals surface area contributed by atoms with Crippen molar-refractivity contribution in [3.05, 3.63) is 0 Å². The second-order valence-electron chi connectivity index (χ2n) is 4.65. The van der Waals surface area contributed by atoms with Crippen molar-refractivity contribution in [2.45, 2.75) is 19.1 Å². The molecule has 0 saturated carbocycles. The highest BCUT2D eigenvalue weighted by atomic mass is 32.2. The maximum atomic E-state index is 11.0. The molecule has 7 heteroatoms. The van der Waals surface area contributed by atoms with E-state index in [1.165, 1.54) is 6.26 Å². The van der Waals surface area contributed by atoms with Gasteiger partial charge in [0, 0.05) is 26.5 Å². The molecule has 0 heterocycles. The Morgan fingerprint density at radius 3 is 2.44 bits per heavy atom. The number of methoxy groups -OCH3 is 1. The number of rotatable bonds is 10. The van der Waals surface area contributed by atoms with Crippen LogP contribution >= 0.6 is 0 Å². The van der Waals surface area contributed by atoms with Gasteiger partial charge in [0.05, 0.1) is 31.2 Å². The van der Waals surface area contributed by atoms with Crippen LogP contribution in [0.4, 0.5) is 0 Å². The minimum absolute atomic E-state index is 0.0639. The van der Waals surface area contributed by atoms with E-state index in [-0.39, 0.29) is 18.5 Å². The number of sulfone groups is 1. The number of hydrogen-bond acceptors (Lipinski definition) is 6. The smallest absolute Gasteiger partial charge is 0.148 e. The summed E-state index contributed by atoms with van der Waals surface area (Å²) >= 11 is 0. The van der Waals surface area contributed by atoms with Gasteiger partial charge in [0.15, 0.2) is 0 Å². The van der Waals surface area contributed by atoms with Gasteiger partial charge in [-0.05, 0) is 14.0 Å². The van der Waals surface area contributed by atoms with Crippen LogP contribution in [0.3, 0.4) is 0 Å². The lowest BCUT2D eigenvalue weighted by Gasteiger charge is -2.21. The predicted octanol–water partition coefficient (Wildman–Crippen LogP) is -0.625. The molecule has 0 aliphatic heterocycles. The van der Waals surface area contributed by atoms with Crippen LogP contribution in [0.25, 0.3) is 0 Å². The summed E-state index contributed by atoms with van der Waals surface area (Å²) in [6.45, 7) is 3.35. The van der Waals surface area contributed by atoms with Crippen molar-refractivity contribution in [2.24, 2.45) is 0 Å². The molecule has 0 spiro atoms. The summed E-state index contributed by atoms with van der Waals surface area (Å²) in [5, 5.41) is 9.71. The zero-order chi connectivity index (χ0) is 14.2. The summed E-state index contributed by atoms with van der Waals surface area (Å²) in [6, 6.07) is 0. The third kappa shape index (κ3) is 10.9. The lowest BCUT2D eigenvalue weighted by molar-refractivity contribution is -0.0377. The third-order valence-electron chi connectivity index (χ3n) is 2.34. The monoisotopic (exact) mass is 283 g/mol. The summed E-state index contributed by atoms with van der Waals surface area (Å²) in [4.78, 5) is 1.77. The maximum absolute atomic E-state index is 11.0. The molecule has 2 atom stereocenters. The van der Waals surface area contributed by atoms with Crippen LogP contribution in [-0.4, -0.2) is 83.1 Å². The molecular formula is C11H25NO5S. The van der Waals surface area contributed by atoms with Crippen molar-refractivity contribution >= 4 is 9.84 Å². The molecule has 0 bridgehead atoms. The van der Waals surface area contributed by atoms with Crippen LogP contribution in [-0.2, 0) is 19.3 Å². The van der Waals surface area contributed by atoms with E-state index in [0.717, 1.165) is 0 Å². The van der Waals surface area contributed by atoms with Crippen LogP contribution in [0.5, 0.6) is 0 Å². The minimum atomic E-state index is -2.96. The number of hydrogen-bond donors (Lipinski definition) is 1. The van der Waals surface area contributed by atoms with Crippen LogP contribution in [0.2, 0.25) is 0 Å². The first-order valence-corrected chi connectivity index (χ1v) is 7.95. The Balaban J connectivity index is 3.76. The molecular weight excluding hydrogens is 258 g/mol. The summed E-state index contributed by atoms with van der Waals surface area (Å²) in [6.07, 6.45) is 0.507. The molecule has 0 aromatic rings. The Kier molecular flexibility index (Phi) is 8.71. The molecule has 0 aromatic carbocycles. The molecule has 0 radical (unpaired) electrons. The number of ether oxygens (including phenoxy) is 2. The number of likely N-dealkylation sites (N-methyl/N-ethyl adjacent to an activating group) is 1. The highest BCUT2D eigenvalue weighted by molar-refractivity contribution is 7.90. The van der Waals surface area contributed by atoms with Gasteiger partial charge in [-0.1, -0.05) is 0 Å². The molecule has 0 aliphatic rings. The highest BCUT2D eigenvalue weighted by Crippen LogP contribution is 1.97. The number of nitrogens with zero attached hydrogens (tertiary/aromatic N) is 1. The van der Waals surface area contributed by atoms with Crippen molar-refractivity contribution in [1.29, 1.82) is 0 Å². The van der Waals surface area contributed by atoms with Gasteiger partial charge in [-0.25, -0.2) is 8.42 Å². The van der Waals surface area contributed by atoms with Gasteiger partial charge in [0.2, 0.25) is 0 Å². The zero-order valence-corrected chi connectivity index (χ0v) is 12.4. The van der Waals surface area contributed by atoms with Gasteiger partial charge in [0.1, 0.15) is 9.84 Å². The van der Waals surface area contributed by atoms with Crippen LogP contribution in [0.15, 0.2) is 0 Å². The third-order valence-corrected chi connectivity index (χ3v) is 3.26. The van der Waals surface area contributed by atoms with Crippen molar-refractivity contribution in [3.63, 3.8) is 0 Å². The normalized spacial score (nSPS) is 15.9. The summed E-state index contributed by atoms with van der Waals surface area (Å²) in [5.74, 6) is 0.0944. The fourth-order valence-corrected chi connectivity index (χ4v) is 2.03. The number of aliphatic hydroxyl groups excluding tert-OH is 1. The van der Waals surface area contributed by atoms with Crippen molar-refractivity contribution < 1.29 is 23.0 Å². The zero-order valence-electron chi connectivity index (χ0n) is 11.6. The van der Waals surface area contributed by atoms with Crippen molar-refractivity contribution in [1.82, 2.24) is 4.90 Å². The standard InChI is InChI=1S/C11H25NO5S/c1-10(8-16-3)17-9-11(13)7-12(2)5-6-18(4,14)15/h10-11,13H,5-9H2,1-4H3. The second-order valence-corrected chi connectivity index (χ2v) is 6.90. The average Bonchev–Trinajstić information content (AvgIpc) is 2.23. The summed E-state index contributed by atoms with van der Waals surface area (Å²) < 4.78 is 32.2. The van der Waals surface area contributed by atoms with Crippen LogP contribution < -0.4 is 0 Å². The summed E-state index contributed by atoms with van der Waals surface area (Å²) in [7, 11) is 0.404. The second kappa shape index (κ2) is 8.82. The van der Waals surface area contributed by atoms with E-state index >= 15 is 0 Å². The van der Waals surface area contributed by atoms with E-state index in [9.17, 15) is 13.5 Å². The first-order chi connectivity index (χ1) is 8.24. The van der Waals surface area contributed by atoms with Crippen LogP contribution in [0, 0.1) is 0 Å². The Morgan fingerprint density at radius 1 is 1.33 bits per heavy atom. The van der Waals surface area contributed by atoms with E-state index in [4.69, 9.17) is 9.47 Å². The Morgan fingerprint density at radius 2 is 1.94 bits per heavy atom. The molecule has 110 valence electrons. The Labute approximate surface area is 110 Å². The lowest BCUT2D eigenvalue weighted by atomic mass is 10.3. The fraction of sp³-hybridized carbons (Fsp3) is 1.00. The van der Waals surface area contributed by atoms with E-state index in [1.54, 1.807) is 19.1 Å². The molecule has 0 saturated heterocycles.